The van der Waals surface area contributed by atoms with Gasteiger partial charge < -0.3 is 5.32 Å². The maximum Gasteiger partial charge on any atom is 0.180 e. The van der Waals surface area contributed by atoms with E-state index in [4.69, 9.17) is 4.98 Å². The molecular weight excluding hydrogens is 236 g/mol. The van der Waals surface area contributed by atoms with Crippen molar-refractivity contribution in [3.05, 3.63) is 35.2 Å². The van der Waals surface area contributed by atoms with Crippen molar-refractivity contribution < 1.29 is 0 Å². The van der Waals surface area contributed by atoms with Crippen molar-refractivity contribution in [1.82, 2.24) is 15.0 Å². The summed E-state index contributed by atoms with van der Waals surface area (Å²) in [5.74, 6) is 1.69. The van der Waals surface area contributed by atoms with E-state index in [9.17, 15) is 0 Å². The lowest BCUT2D eigenvalue weighted by Crippen LogP contribution is -2.12. The molecule has 1 aliphatic rings. The molecule has 98 valence electrons. The molecule has 19 heavy (non-hydrogen) atoms. The fraction of sp³-hybridized carbons (Fsp3) is 0.400. The van der Waals surface area contributed by atoms with E-state index in [2.05, 4.69) is 22.2 Å². The molecule has 0 saturated heterocycles. The zero-order valence-electron chi connectivity index (χ0n) is 11.4. The number of nitrogens with one attached hydrogen (secondary N) is 1. The Morgan fingerprint density at radius 2 is 2.00 bits per heavy atom. The van der Waals surface area contributed by atoms with E-state index in [1.807, 2.05) is 25.4 Å². The number of hydrogen-bond donors (Lipinski definition) is 1. The number of aryl methyl sites for hydroxylation is 2. The van der Waals surface area contributed by atoms with E-state index in [0.717, 1.165) is 30.2 Å². The van der Waals surface area contributed by atoms with Crippen LogP contribution in [-0.4, -0.2) is 22.0 Å². The maximum absolute atomic E-state index is 4.72. The van der Waals surface area contributed by atoms with Gasteiger partial charge in [-0.3, -0.25) is 4.98 Å². The molecule has 0 aromatic carbocycles. The molecule has 3 rings (SSSR count). The molecule has 0 atom stereocenters. The lowest BCUT2D eigenvalue weighted by atomic mass is 9.96. The van der Waals surface area contributed by atoms with Gasteiger partial charge in [0, 0.05) is 24.5 Å². The van der Waals surface area contributed by atoms with E-state index in [1.54, 1.807) is 0 Å². The van der Waals surface area contributed by atoms with Gasteiger partial charge in [-0.1, -0.05) is 0 Å². The van der Waals surface area contributed by atoms with Crippen LogP contribution in [-0.2, 0) is 12.8 Å². The van der Waals surface area contributed by atoms with Gasteiger partial charge in [0.25, 0.3) is 0 Å². The van der Waals surface area contributed by atoms with Crippen molar-refractivity contribution in [2.45, 2.75) is 32.6 Å². The number of anilines is 1. The van der Waals surface area contributed by atoms with Gasteiger partial charge in [0.05, 0.1) is 0 Å². The summed E-state index contributed by atoms with van der Waals surface area (Å²) in [6.45, 7) is 2.06. The van der Waals surface area contributed by atoms with Crippen LogP contribution in [0.4, 0.5) is 5.82 Å². The van der Waals surface area contributed by atoms with Crippen LogP contribution >= 0.6 is 0 Å². The van der Waals surface area contributed by atoms with Gasteiger partial charge in [-0.2, -0.15) is 0 Å². The molecule has 0 unspecified atom stereocenters. The van der Waals surface area contributed by atoms with Crippen molar-refractivity contribution in [3.63, 3.8) is 0 Å². The molecule has 0 radical (unpaired) electrons. The molecule has 1 N–H and O–H groups in total. The Hall–Kier alpha value is -1.97. The molecule has 0 fully saturated rings. The molecule has 0 spiro atoms. The molecule has 2 heterocycles. The van der Waals surface area contributed by atoms with Crippen molar-refractivity contribution in [2.75, 3.05) is 12.4 Å². The molecule has 4 nitrogen and oxygen atoms in total. The molecule has 0 amide bonds. The van der Waals surface area contributed by atoms with Crippen molar-refractivity contribution in [2.24, 2.45) is 0 Å². The highest BCUT2D eigenvalue weighted by Crippen LogP contribution is 2.27. The van der Waals surface area contributed by atoms with Crippen molar-refractivity contribution in [3.8, 4) is 11.5 Å². The van der Waals surface area contributed by atoms with Gasteiger partial charge in [-0.15, -0.1) is 0 Å². The fourth-order valence-corrected chi connectivity index (χ4v) is 2.57. The molecule has 0 aliphatic heterocycles. The Morgan fingerprint density at radius 1 is 1.16 bits per heavy atom. The summed E-state index contributed by atoms with van der Waals surface area (Å²) in [7, 11) is 1.92. The number of hydrogen-bond acceptors (Lipinski definition) is 4. The summed E-state index contributed by atoms with van der Waals surface area (Å²) in [5, 5.41) is 3.20. The average molecular weight is 254 g/mol. The molecule has 0 saturated carbocycles. The van der Waals surface area contributed by atoms with Crippen LogP contribution in [0.1, 0.15) is 29.7 Å². The minimum atomic E-state index is 0.730. The van der Waals surface area contributed by atoms with Gasteiger partial charge in [-0.25, -0.2) is 9.97 Å². The van der Waals surface area contributed by atoms with E-state index in [0.29, 0.717) is 0 Å². The molecular formula is C15H18N4. The third-order valence-electron chi connectivity index (χ3n) is 3.56. The number of rotatable bonds is 2. The first-order chi connectivity index (χ1) is 9.28. The van der Waals surface area contributed by atoms with Gasteiger partial charge in [0.15, 0.2) is 5.82 Å². The average Bonchev–Trinajstić information content (AvgIpc) is 2.46. The smallest absolute Gasteiger partial charge is 0.180 e. The van der Waals surface area contributed by atoms with Crippen LogP contribution in [0.5, 0.6) is 0 Å². The number of fused-ring (bicyclic) bond motifs is 1. The Kier molecular flexibility index (Phi) is 3.15. The Bertz CT molecular complexity index is 590. The minimum Gasteiger partial charge on any atom is -0.373 e. The number of nitrogens with zero attached hydrogens (tertiary/aromatic N) is 3. The zero-order valence-corrected chi connectivity index (χ0v) is 11.4. The lowest BCUT2D eigenvalue weighted by molar-refractivity contribution is 0.665. The van der Waals surface area contributed by atoms with E-state index in [-0.39, 0.29) is 0 Å². The second-order valence-corrected chi connectivity index (χ2v) is 5.00. The molecule has 2 aromatic heterocycles. The standard InChI is InChI=1S/C15H18N4/c1-10-7-8-17-13(9-10)15-18-12-6-4-3-5-11(12)14(16-2)19-15/h7-9H,3-6H2,1-2H3,(H,16,18,19). The first kappa shape index (κ1) is 12.1. The molecule has 0 bridgehead atoms. The minimum absolute atomic E-state index is 0.730. The summed E-state index contributed by atoms with van der Waals surface area (Å²) in [6, 6.07) is 4.02. The topological polar surface area (TPSA) is 50.7 Å². The lowest BCUT2D eigenvalue weighted by Gasteiger charge is -2.18. The van der Waals surface area contributed by atoms with E-state index >= 15 is 0 Å². The van der Waals surface area contributed by atoms with Crippen molar-refractivity contribution in [1.29, 1.82) is 0 Å². The van der Waals surface area contributed by atoms with Crippen LogP contribution in [0.15, 0.2) is 18.3 Å². The van der Waals surface area contributed by atoms with Gasteiger partial charge in [0.1, 0.15) is 11.5 Å². The highest BCUT2D eigenvalue weighted by Gasteiger charge is 2.18. The number of aromatic nitrogens is 3. The summed E-state index contributed by atoms with van der Waals surface area (Å²) >= 11 is 0. The van der Waals surface area contributed by atoms with Crippen LogP contribution in [0.2, 0.25) is 0 Å². The SMILES string of the molecule is CNc1nc(-c2cc(C)ccn2)nc2c1CCCC2. The molecule has 1 aliphatic carbocycles. The van der Waals surface area contributed by atoms with Crippen LogP contribution in [0.25, 0.3) is 11.5 Å². The second-order valence-electron chi connectivity index (χ2n) is 5.00. The Balaban J connectivity index is 2.12. The largest absolute Gasteiger partial charge is 0.373 e. The quantitative estimate of drug-likeness (QED) is 0.895. The van der Waals surface area contributed by atoms with Gasteiger partial charge >= 0.3 is 0 Å². The number of pyridine rings is 1. The van der Waals surface area contributed by atoms with Gasteiger partial charge in [0.2, 0.25) is 0 Å². The monoisotopic (exact) mass is 254 g/mol. The summed E-state index contributed by atoms with van der Waals surface area (Å²) in [4.78, 5) is 13.7. The van der Waals surface area contributed by atoms with Crippen LogP contribution < -0.4 is 5.32 Å². The maximum atomic E-state index is 4.72. The van der Waals surface area contributed by atoms with Crippen LogP contribution in [0, 0.1) is 6.92 Å². The summed E-state index contributed by atoms with van der Waals surface area (Å²) < 4.78 is 0. The first-order valence-corrected chi connectivity index (χ1v) is 6.78. The fourth-order valence-electron chi connectivity index (χ4n) is 2.57. The zero-order chi connectivity index (χ0) is 13.2. The predicted molar refractivity (Wildman–Crippen MR) is 76.2 cm³/mol. The van der Waals surface area contributed by atoms with E-state index < -0.39 is 0 Å². The van der Waals surface area contributed by atoms with Crippen LogP contribution in [0.3, 0.4) is 0 Å². The Morgan fingerprint density at radius 3 is 2.79 bits per heavy atom. The third-order valence-corrected chi connectivity index (χ3v) is 3.56. The summed E-state index contributed by atoms with van der Waals surface area (Å²) in [5.41, 5.74) is 4.50. The highest BCUT2D eigenvalue weighted by atomic mass is 15.0. The predicted octanol–water partition coefficient (Wildman–Crippen LogP) is 2.77. The summed E-state index contributed by atoms with van der Waals surface area (Å²) in [6.07, 6.45) is 6.38. The normalized spacial score (nSPS) is 14.0. The first-order valence-electron chi connectivity index (χ1n) is 6.78. The highest BCUT2D eigenvalue weighted by molar-refractivity contribution is 5.57. The molecule has 2 aromatic rings. The van der Waals surface area contributed by atoms with Crippen molar-refractivity contribution >= 4 is 5.82 Å². The molecule has 4 heteroatoms. The second kappa shape index (κ2) is 4.96. The van der Waals surface area contributed by atoms with Gasteiger partial charge in [-0.05, 0) is 50.3 Å². The third kappa shape index (κ3) is 2.30. The Labute approximate surface area is 113 Å². The van der Waals surface area contributed by atoms with E-state index in [1.165, 1.54) is 29.7 Å².